The summed E-state index contributed by atoms with van der Waals surface area (Å²) in [6.45, 7) is 4.75. The van der Waals surface area contributed by atoms with Crippen LogP contribution in [0.15, 0.2) is 15.8 Å². The Kier molecular flexibility index (Phi) is 7.01. The Morgan fingerprint density at radius 1 is 1.36 bits per heavy atom. The third kappa shape index (κ3) is 5.25. The van der Waals surface area contributed by atoms with E-state index >= 15 is 0 Å². The zero-order chi connectivity index (χ0) is 20.3. The van der Waals surface area contributed by atoms with E-state index in [0.29, 0.717) is 12.5 Å². The number of ether oxygens (including phenoxy) is 1. The molecule has 0 amide bonds. The number of aromatic amines is 1. The second kappa shape index (κ2) is 9.11. The molecule has 0 saturated carbocycles. The van der Waals surface area contributed by atoms with Gasteiger partial charge in [-0.05, 0) is 0 Å². The van der Waals surface area contributed by atoms with Crippen molar-refractivity contribution in [3.63, 3.8) is 0 Å². The number of nitrogens with zero attached hydrogens (tertiary/aromatic N) is 1. The number of rotatable bonds is 8. The van der Waals surface area contributed by atoms with Crippen molar-refractivity contribution < 1.29 is 27.6 Å². The number of hydrogen-bond donors (Lipinski definition) is 2. The number of fused-ring (bicyclic) bond motifs is 1. The van der Waals surface area contributed by atoms with Crippen LogP contribution in [-0.2, 0) is 18.3 Å². The molecule has 2 N–H and O–H groups in total. The van der Waals surface area contributed by atoms with E-state index in [1.807, 2.05) is 4.98 Å². The van der Waals surface area contributed by atoms with Gasteiger partial charge in [0.25, 0.3) is 0 Å². The Bertz CT molecular complexity index is 786. The number of halogens is 1. The molecule has 2 saturated heterocycles. The summed E-state index contributed by atoms with van der Waals surface area (Å²) in [5.74, 6) is -0.415. The molecule has 3 atom stereocenters. The summed E-state index contributed by atoms with van der Waals surface area (Å²) >= 11 is 0. The topological polar surface area (TPSA) is 112 Å². The fourth-order valence-electron chi connectivity index (χ4n) is 3.34. The van der Waals surface area contributed by atoms with E-state index in [9.17, 15) is 18.9 Å². The number of hydrogen-bond acceptors (Lipinski definition) is 7. The van der Waals surface area contributed by atoms with Gasteiger partial charge in [-0.1, -0.05) is 0 Å². The van der Waals surface area contributed by atoms with Crippen LogP contribution in [0, 0.1) is 11.7 Å². The van der Waals surface area contributed by atoms with E-state index in [4.69, 9.17) is 18.3 Å². The van der Waals surface area contributed by atoms with Crippen molar-refractivity contribution in [3.05, 3.63) is 32.9 Å². The maximum absolute atomic E-state index is 13.5. The molecule has 2 aliphatic heterocycles. The molecule has 3 heterocycles. The van der Waals surface area contributed by atoms with E-state index in [2.05, 4.69) is 13.8 Å². The van der Waals surface area contributed by atoms with Crippen molar-refractivity contribution in [3.8, 4) is 0 Å². The average Bonchev–Trinajstić information content (AvgIpc) is 3.03. The summed E-state index contributed by atoms with van der Waals surface area (Å²) in [6.07, 6.45) is 3.18. The zero-order valence-electron chi connectivity index (χ0n) is 16.1. The minimum atomic E-state index is -3.77. The summed E-state index contributed by atoms with van der Waals surface area (Å²) < 4.78 is 36.7. The first-order valence-electron chi connectivity index (χ1n) is 9.62. The van der Waals surface area contributed by atoms with Crippen molar-refractivity contribution >= 4 is 8.17 Å². The summed E-state index contributed by atoms with van der Waals surface area (Å²) in [6, 6.07) is 0. The van der Waals surface area contributed by atoms with Crippen LogP contribution < -0.4 is 11.2 Å². The van der Waals surface area contributed by atoms with Crippen LogP contribution in [0.5, 0.6) is 0 Å². The molecule has 0 spiro atoms. The normalized spacial score (nSPS) is 27.7. The molecule has 0 radical (unpaired) electrons. The molecule has 0 bridgehead atoms. The van der Waals surface area contributed by atoms with Crippen LogP contribution in [0.4, 0.5) is 4.39 Å². The van der Waals surface area contributed by atoms with E-state index in [1.165, 1.54) is 0 Å². The van der Waals surface area contributed by atoms with Gasteiger partial charge in [0, 0.05) is 0 Å². The molecule has 3 rings (SSSR count). The third-order valence-electron chi connectivity index (χ3n) is 4.86. The number of H-pyrrole nitrogens is 1. The Morgan fingerprint density at radius 2 is 2.14 bits per heavy atom. The van der Waals surface area contributed by atoms with Gasteiger partial charge >= 0.3 is 162 Å². The Hall–Kier alpha value is -1.16. The number of aromatic nitrogens is 2. The first-order valence-corrected chi connectivity index (χ1v) is 11.3. The fourth-order valence-corrected chi connectivity index (χ4v) is 4.97. The minimum absolute atomic E-state index is 0.0534. The Labute approximate surface area is 162 Å². The second-order valence-corrected chi connectivity index (χ2v) is 9.45. The van der Waals surface area contributed by atoms with E-state index in [1.54, 1.807) is 0 Å². The summed E-state index contributed by atoms with van der Waals surface area (Å²) in [5, 5.41) is 0. The van der Waals surface area contributed by atoms with E-state index in [-0.39, 0.29) is 13.0 Å². The molecule has 11 heteroatoms. The average molecular weight is 422 g/mol. The SMILES string of the molecule is CC(C)CCCCCO[PH]1(O)OC[C@H]2O[C@@H](n3cc(F)c(=O)[nH]c3=O)C[C@@H]2O1. The van der Waals surface area contributed by atoms with Gasteiger partial charge in [-0.3, -0.25) is 0 Å². The fraction of sp³-hybridized carbons (Fsp3) is 0.765. The van der Waals surface area contributed by atoms with Crippen molar-refractivity contribution in [1.82, 2.24) is 9.55 Å². The van der Waals surface area contributed by atoms with Gasteiger partial charge < -0.3 is 0 Å². The van der Waals surface area contributed by atoms with Gasteiger partial charge in [0.05, 0.1) is 0 Å². The van der Waals surface area contributed by atoms with Crippen molar-refractivity contribution in [2.75, 3.05) is 13.2 Å². The molecular formula is C17H28FN2O7P. The molecule has 0 unspecified atom stereocenters. The molecule has 160 valence electrons. The Morgan fingerprint density at radius 3 is 2.89 bits per heavy atom. The first kappa shape index (κ1) is 21.5. The monoisotopic (exact) mass is 422 g/mol. The van der Waals surface area contributed by atoms with Gasteiger partial charge in [0.1, 0.15) is 0 Å². The molecule has 0 aromatic carbocycles. The van der Waals surface area contributed by atoms with Crippen LogP contribution in [0.2, 0.25) is 0 Å². The predicted molar refractivity (Wildman–Crippen MR) is 100 cm³/mol. The van der Waals surface area contributed by atoms with Gasteiger partial charge in [-0.15, -0.1) is 0 Å². The molecule has 0 aliphatic carbocycles. The Balaban J connectivity index is 1.52. The maximum atomic E-state index is 13.5. The predicted octanol–water partition coefficient (Wildman–Crippen LogP) is 2.01. The van der Waals surface area contributed by atoms with E-state index in [0.717, 1.165) is 36.4 Å². The zero-order valence-corrected chi connectivity index (χ0v) is 17.1. The standard InChI is InChI=1S/C17H28FN2O7P/c1-11(2)6-4-3-5-7-24-28(23)25-10-14-13(27-28)8-15(26-14)20-9-12(18)16(21)19-17(20)22/h9,11,13-15,23,28H,3-8,10H2,1-2H3,(H,19,21,22)/t13-,14+,15+/m0/s1. The molecule has 2 fully saturated rings. The quantitative estimate of drug-likeness (QED) is 0.487. The summed E-state index contributed by atoms with van der Waals surface area (Å²) in [5.41, 5.74) is -1.86. The van der Waals surface area contributed by atoms with Crippen molar-refractivity contribution in [2.24, 2.45) is 5.92 Å². The molecule has 1 aromatic heterocycles. The number of nitrogens with one attached hydrogen (secondary N) is 1. The van der Waals surface area contributed by atoms with Crippen molar-refractivity contribution in [2.45, 2.75) is 64.4 Å². The van der Waals surface area contributed by atoms with Crippen LogP contribution >= 0.6 is 8.17 Å². The van der Waals surface area contributed by atoms with Crippen LogP contribution in [-0.4, -0.2) is 39.9 Å². The van der Waals surface area contributed by atoms with Crippen LogP contribution in [0.3, 0.4) is 0 Å². The first-order chi connectivity index (χ1) is 13.3. The second-order valence-electron chi connectivity index (χ2n) is 7.59. The molecule has 9 nitrogen and oxygen atoms in total. The van der Waals surface area contributed by atoms with Gasteiger partial charge in [0.15, 0.2) is 0 Å². The van der Waals surface area contributed by atoms with Crippen molar-refractivity contribution in [1.29, 1.82) is 0 Å². The van der Waals surface area contributed by atoms with Gasteiger partial charge in [-0.2, -0.15) is 0 Å². The van der Waals surface area contributed by atoms with E-state index < -0.39 is 43.7 Å². The number of unbranched alkanes of at least 4 members (excludes halogenated alkanes) is 2. The third-order valence-corrected chi connectivity index (χ3v) is 6.56. The van der Waals surface area contributed by atoms with Gasteiger partial charge in [0.2, 0.25) is 0 Å². The summed E-state index contributed by atoms with van der Waals surface area (Å²) in [4.78, 5) is 35.5. The summed E-state index contributed by atoms with van der Waals surface area (Å²) in [7, 11) is -3.77. The van der Waals surface area contributed by atoms with Crippen LogP contribution in [0.1, 0.15) is 52.2 Å². The van der Waals surface area contributed by atoms with Crippen LogP contribution in [0.25, 0.3) is 0 Å². The molecule has 28 heavy (non-hydrogen) atoms. The van der Waals surface area contributed by atoms with Gasteiger partial charge in [-0.25, -0.2) is 0 Å². The molecule has 2 aliphatic rings. The molecular weight excluding hydrogens is 394 g/mol. The molecule has 1 aromatic rings.